The maximum Gasteiger partial charge on any atom is 0.275 e. The first-order valence-corrected chi connectivity index (χ1v) is 11.1. The number of benzene rings is 1. The van der Waals surface area contributed by atoms with Gasteiger partial charge in [0.2, 0.25) is 11.2 Å². The average Bonchev–Trinajstić information content (AvgIpc) is 3.36. The maximum absolute atomic E-state index is 13.2. The molecule has 1 N–H and O–H groups in total. The summed E-state index contributed by atoms with van der Waals surface area (Å²) in [7, 11) is 0. The highest BCUT2D eigenvalue weighted by molar-refractivity contribution is 8.20. The van der Waals surface area contributed by atoms with E-state index >= 15 is 0 Å². The van der Waals surface area contributed by atoms with Gasteiger partial charge in [-0.2, -0.15) is 0 Å². The molecule has 0 unspecified atom stereocenters. The van der Waals surface area contributed by atoms with Gasteiger partial charge in [-0.25, -0.2) is 4.98 Å². The molecular formula is C21H18F3N5O2S. The third-order valence-corrected chi connectivity index (χ3v) is 6.40. The second-order valence-electron chi connectivity index (χ2n) is 7.64. The largest absolute Gasteiger partial charge is 0.361 e. The summed E-state index contributed by atoms with van der Waals surface area (Å²) in [6.45, 7) is 2.53. The fourth-order valence-corrected chi connectivity index (χ4v) is 4.47. The van der Waals surface area contributed by atoms with E-state index in [2.05, 4.69) is 9.97 Å². The number of imidazole rings is 1. The minimum Gasteiger partial charge on any atom is -0.361 e. The number of aromatic amines is 1. The zero-order chi connectivity index (χ0) is 22.6. The lowest BCUT2D eigenvalue weighted by molar-refractivity contribution is 0.0687. The molecule has 0 aliphatic carbocycles. The molecule has 7 nitrogen and oxygen atoms in total. The molecule has 166 valence electrons. The summed E-state index contributed by atoms with van der Waals surface area (Å²) < 4.78 is 42.7. The van der Waals surface area contributed by atoms with Gasteiger partial charge < -0.3 is 19.0 Å². The molecule has 0 bridgehead atoms. The number of nitrogens with one attached hydrogen (secondary N) is 1. The van der Waals surface area contributed by atoms with Crippen molar-refractivity contribution >= 4 is 28.0 Å². The van der Waals surface area contributed by atoms with Crippen LogP contribution in [0.25, 0.3) is 16.6 Å². The summed E-state index contributed by atoms with van der Waals surface area (Å²) in [6.07, 6.45) is 4.90. The van der Waals surface area contributed by atoms with E-state index in [1.165, 1.54) is 10.6 Å². The van der Waals surface area contributed by atoms with Gasteiger partial charge >= 0.3 is 0 Å². The van der Waals surface area contributed by atoms with Crippen LogP contribution in [0.2, 0.25) is 0 Å². The zero-order valence-electron chi connectivity index (χ0n) is 16.9. The number of carbonyl (C=O) groups is 1. The van der Waals surface area contributed by atoms with Crippen LogP contribution in [0.3, 0.4) is 0 Å². The minimum atomic E-state index is -5.34. The molecule has 0 radical (unpaired) electrons. The number of fused-ring (bicyclic) bond motifs is 2. The van der Waals surface area contributed by atoms with Crippen LogP contribution < -0.4 is 5.56 Å². The molecule has 1 aromatic carbocycles. The Labute approximate surface area is 182 Å². The number of rotatable bonds is 4. The van der Waals surface area contributed by atoms with E-state index in [9.17, 15) is 21.2 Å². The van der Waals surface area contributed by atoms with Crippen molar-refractivity contribution in [3.8, 4) is 5.69 Å². The zero-order valence-corrected chi connectivity index (χ0v) is 17.7. The SMILES string of the molecule is Cc1cn(-c2ccc3n(c2=O)CCN(Cc2c[nH]c4ccc(S(F)(F)F)cc24)C3=O)cn1. The van der Waals surface area contributed by atoms with Crippen LogP contribution in [0, 0.1) is 6.92 Å². The lowest BCUT2D eigenvalue weighted by atomic mass is 10.1. The molecule has 3 aromatic heterocycles. The topological polar surface area (TPSA) is 75.9 Å². The minimum absolute atomic E-state index is 0.145. The van der Waals surface area contributed by atoms with Crippen LogP contribution in [-0.2, 0) is 13.1 Å². The molecule has 0 saturated heterocycles. The number of aromatic nitrogens is 4. The predicted molar refractivity (Wildman–Crippen MR) is 115 cm³/mol. The predicted octanol–water partition coefficient (Wildman–Crippen LogP) is 4.30. The highest BCUT2D eigenvalue weighted by Gasteiger charge is 2.28. The van der Waals surface area contributed by atoms with Gasteiger partial charge in [0.05, 0.1) is 16.9 Å². The maximum atomic E-state index is 13.2. The van der Waals surface area contributed by atoms with Crippen molar-refractivity contribution in [3.05, 3.63) is 76.4 Å². The Kier molecular flexibility index (Phi) is 4.66. The molecule has 5 rings (SSSR count). The van der Waals surface area contributed by atoms with Crippen molar-refractivity contribution in [2.45, 2.75) is 24.9 Å². The monoisotopic (exact) mass is 461 g/mol. The first kappa shape index (κ1) is 20.4. The summed E-state index contributed by atoms with van der Waals surface area (Å²) in [5, 5.41) is 0.439. The van der Waals surface area contributed by atoms with Gasteiger partial charge in [-0.1, -0.05) is 0 Å². The number of halogens is 3. The molecule has 0 saturated carbocycles. The van der Waals surface area contributed by atoms with Crippen LogP contribution in [0.5, 0.6) is 0 Å². The smallest absolute Gasteiger partial charge is 0.275 e. The first-order chi connectivity index (χ1) is 15.2. The van der Waals surface area contributed by atoms with Crippen molar-refractivity contribution in [2.24, 2.45) is 0 Å². The van der Waals surface area contributed by atoms with Gasteiger partial charge in [-0.15, -0.1) is 11.7 Å². The van der Waals surface area contributed by atoms with Crippen LogP contribution in [0.4, 0.5) is 11.7 Å². The molecule has 4 heterocycles. The molecule has 32 heavy (non-hydrogen) atoms. The molecule has 0 fully saturated rings. The molecule has 1 aliphatic rings. The van der Waals surface area contributed by atoms with Gasteiger partial charge in [0.15, 0.2) is 0 Å². The Balaban J connectivity index is 1.46. The first-order valence-electron chi connectivity index (χ1n) is 9.78. The van der Waals surface area contributed by atoms with E-state index < -0.39 is 16.1 Å². The number of hydrogen-bond acceptors (Lipinski definition) is 3. The normalized spacial score (nSPS) is 14.8. The van der Waals surface area contributed by atoms with Crippen molar-refractivity contribution < 1.29 is 16.5 Å². The van der Waals surface area contributed by atoms with Gasteiger partial charge in [0, 0.05) is 42.9 Å². The van der Waals surface area contributed by atoms with Crippen molar-refractivity contribution in [3.63, 3.8) is 0 Å². The highest BCUT2D eigenvalue weighted by Crippen LogP contribution is 2.60. The lowest BCUT2D eigenvalue weighted by Gasteiger charge is -2.29. The van der Waals surface area contributed by atoms with Crippen molar-refractivity contribution in [1.82, 2.24) is 24.0 Å². The van der Waals surface area contributed by atoms with Gasteiger partial charge in [-0.3, -0.25) is 9.59 Å². The number of carbonyl (C=O) groups excluding carboxylic acids is 1. The molecule has 1 amide bonds. The van der Waals surface area contributed by atoms with Crippen LogP contribution in [0.1, 0.15) is 21.7 Å². The third-order valence-electron chi connectivity index (χ3n) is 5.61. The number of H-pyrrole nitrogens is 1. The second kappa shape index (κ2) is 7.30. The van der Waals surface area contributed by atoms with E-state index in [1.807, 2.05) is 6.92 Å². The van der Waals surface area contributed by atoms with Crippen LogP contribution in [-0.4, -0.2) is 36.5 Å². The quantitative estimate of drug-likeness (QED) is 0.493. The Morgan fingerprint density at radius 3 is 2.66 bits per heavy atom. The summed E-state index contributed by atoms with van der Waals surface area (Å²) in [5.74, 6) is -0.339. The Bertz CT molecular complexity index is 1420. The Hall–Kier alpha value is -3.47. The van der Waals surface area contributed by atoms with Gasteiger partial charge in [0.1, 0.15) is 11.4 Å². The molecule has 4 aromatic rings. The molecular weight excluding hydrogens is 443 g/mol. The summed E-state index contributed by atoms with van der Waals surface area (Å²) in [5.41, 5.74) is 2.30. The average molecular weight is 461 g/mol. The van der Waals surface area contributed by atoms with E-state index in [4.69, 9.17) is 0 Å². The van der Waals surface area contributed by atoms with E-state index in [0.717, 1.165) is 17.8 Å². The number of amides is 1. The van der Waals surface area contributed by atoms with E-state index in [-0.39, 0.29) is 30.2 Å². The van der Waals surface area contributed by atoms with Gasteiger partial charge in [-0.05, 0) is 42.8 Å². The van der Waals surface area contributed by atoms with E-state index in [0.29, 0.717) is 28.7 Å². The second-order valence-corrected chi connectivity index (χ2v) is 8.92. The standard InChI is InChI=1S/C21H18F3N5O2S/c1-13-10-28(12-26-13)18-4-5-19-20(30)27(6-7-29(19)21(18)31)11-14-9-25-17-3-2-15(8-16(14)17)32(22,23)24/h2-5,8-10,12,25H,6-7,11H2,1H3. The van der Waals surface area contributed by atoms with Crippen LogP contribution >= 0.6 is 11.2 Å². The molecule has 1 aliphatic heterocycles. The van der Waals surface area contributed by atoms with E-state index in [1.54, 1.807) is 40.3 Å². The summed E-state index contributed by atoms with van der Waals surface area (Å²) in [4.78, 5) is 34.0. The van der Waals surface area contributed by atoms with Crippen molar-refractivity contribution in [2.75, 3.05) is 6.54 Å². The lowest BCUT2D eigenvalue weighted by Crippen LogP contribution is -2.44. The van der Waals surface area contributed by atoms with Crippen molar-refractivity contribution in [1.29, 1.82) is 0 Å². The summed E-state index contributed by atoms with van der Waals surface area (Å²) >= 11 is -5.34. The number of nitrogens with zero attached hydrogens (tertiary/aromatic N) is 4. The van der Waals surface area contributed by atoms with Crippen LogP contribution in [0.15, 0.2) is 58.7 Å². The Morgan fingerprint density at radius 1 is 1.12 bits per heavy atom. The van der Waals surface area contributed by atoms with Gasteiger partial charge in [0.25, 0.3) is 11.5 Å². The molecule has 0 spiro atoms. The fraction of sp³-hybridized carbons (Fsp3) is 0.190. The molecule has 11 heteroatoms. The fourth-order valence-electron chi connectivity index (χ4n) is 4.00. The summed E-state index contributed by atoms with van der Waals surface area (Å²) in [6, 6.07) is 6.78. The number of aryl methyl sites for hydroxylation is 1. The molecule has 0 atom stereocenters. The third kappa shape index (κ3) is 3.38. The number of hydrogen-bond donors (Lipinski definition) is 1. The Morgan fingerprint density at radius 2 is 1.94 bits per heavy atom. The number of pyridine rings is 1. The highest BCUT2D eigenvalue weighted by atomic mass is 32.3.